The second-order valence-electron chi connectivity index (χ2n) is 15.2. The number of aliphatic hydroxyl groups is 2. The molecule has 0 radical (unpaired) electrons. The highest BCUT2D eigenvalue weighted by molar-refractivity contribution is 7.86. The minimum atomic E-state index is -3.83. The molecular weight excluding hydrogens is 994 g/mol. The van der Waals surface area contributed by atoms with E-state index in [1.54, 1.807) is 159 Å². The van der Waals surface area contributed by atoms with Crippen LogP contribution in [0.1, 0.15) is 28.2 Å². The van der Waals surface area contributed by atoms with Crippen molar-refractivity contribution in [3.05, 3.63) is 182 Å². The van der Waals surface area contributed by atoms with Crippen molar-refractivity contribution in [1.82, 2.24) is 14.8 Å². The molecule has 18 nitrogen and oxygen atoms in total. The first kappa shape index (κ1) is 59.8. The van der Waals surface area contributed by atoms with Gasteiger partial charge in [-0.15, -0.1) is 0 Å². The quantitative estimate of drug-likeness (QED) is 0.0241. The van der Waals surface area contributed by atoms with Crippen LogP contribution in [0.4, 0.5) is 0 Å². The van der Waals surface area contributed by atoms with Crippen LogP contribution in [0.15, 0.2) is 182 Å². The van der Waals surface area contributed by atoms with Crippen LogP contribution < -0.4 is 43.1 Å². The summed E-state index contributed by atoms with van der Waals surface area (Å²) in [6, 6.07) is 51.7. The molecular formula is C49H65N4O14P3S. The van der Waals surface area contributed by atoms with Gasteiger partial charge in [0.1, 0.15) is 34.5 Å². The topological polar surface area (TPSA) is 244 Å². The summed E-state index contributed by atoms with van der Waals surface area (Å²) in [7, 11) is -14.4. The van der Waals surface area contributed by atoms with E-state index in [0.717, 1.165) is 19.3 Å². The Labute approximate surface area is 417 Å². The van der Waals surface area contributed by atoms with Crippen molar-refractivity contribution in [2.45, 2.75) is 46.3 Å². The maximum atomic E-state index is 13.1. The molecule has 1 aliphatic rings. The minimum absolute atomic E-state index is 0. The number of aliphatic hydroxyl groups excluding tert-OH is 2. The van der Waals surface area contributed by atoms with Gasteiger partial charge in [0.2, 0.25) is 0 Å². The van der Waals surface area contributed by atoms with Crippen LogP contribution in [0.3, 0.4) is 0 Å². The molecule has 3 atom stereocenters. The van der Waals surface area contributed by atoms with Crippen LogP contribution in [-0.4, -0.2) is 80.6 Å². The first-order chi connectivity index (χ1) is 33.4. The Hall–Kier alpha value is -5.52. The molecule has 7 rings (SSSR count). The highest BCUT2D eigenvalue weighted by Gasteiger charge is 2.44. The summed E-state index contributed by atoms with van der Waals surface area (Å²) < 4.78 is 101. The Morgan fingerprint density at radius 2 is 0.761 bits per heavy atom. The molecule has 1 fully saturated rings. The molecule has 1 heterocycles. The molecule has 0 aliphatic carbocycles. The fraction of sp³-hybridized carbons (Fsp3) is 0.265. The van der Waals surface area contributed by atoms with Gasteiger partial charge in [-0.2, -0.15) is 23.3 Å². The highest BCUT2D eigenvalue weighted by Crippen LogP contribution is 2.55. The molecule has 0 amide bonds. The van der Waals surface area contributed by atoms with Crippen LogP contribution >= 0.6 is 23.2 Å². The molecule has 0 saturated carbocycles. The van der Waals surface area contributed by atoms with E-state index in [-0.39, 0.29) is 33.3 Å². The second-order valence-corrected chi connectivity index (χ2v) is 22.0. The van der Waals surface area contributed by atoms with Crippen molar-refractivity contribution in [3.63, 3.8) is 0 Å². The molecule has 22 heteroatoms. The lowest BCUT2D eigenvalue weighted by Gasteiger charge is -2.23. The maximum absolute atomic E-state index is 13.1. The number of nitrogens with zero attached hydrogens (tertiary/aromatic N) is 1. The monoisotopic (exact) mass is 1060 g/mol. The first-order valence-electron chi connectivity index (χ1n) is 21.8. The number of hydrogen-bond acceptors (Lipinski definition) is 15. The van der Waals surface area contributed by atoms with E-state index in [2.05, 4.69) is 10.2 Å². The molecule has 6 N–H and O–H groups in total. The van der Waals surface area contributed by atoms with Crippen molar-refractivity contribution in [3.8, 4) is 34.5 Å². The van der Waals surface area contributed by atoms with Gasteiger partial charge in [0.25, 0.3) is 10.1 Å². The van der Waals surface area contributed by atoms with E-state index in [4.69, 9.17) is 47.3 Å². The Kier molecular flexibility index (Phi) is 25.6. The smallest absolute Gasteiger partial charge is 0.405 e. The summed E-state index contributed by atoms with van der Waals surface area (Å²) in [6.45, 7) is 6.21. The van der Waals surface area contributed by atoms with Crippen molar-refractivity contribution >= 4 is 33.4 Å². The number of nitrogens with one attached hydrogen (secondary N) is 2. The van der Waals surface area contributed by atoms with Crippen LogP contribution in [-0.2, 0) is 28.0 Å². The van der Waals surface area contributed by atoms with Crippen molar-refractivity contribution in [2.75, 3.05) is 39.2 Å². The standard InChI is InChI=1S/C16H20NO6PS.C15H18NO4P.C14H14NO3P.C3H9NO.CH4/c1-14(13-21-25(2,19)20)17-24(18,22-15-9-5-3-6-10-15)23-16-11-7-4-8-12-16;1-13(12-17)16-21(18,19-14-8-4-2-5-9-14)20-15-10-6-3-7-11-15;16-19(15-11-12-15,17-13-7-3-1-4-8-13)18-14-9-5-2-6-10-14;1-3(4)2-5;/h3-12,14H,13H2,1-2H3,(H,17,18);2-11,13,17H,12H2,1H3,(H,16,18);1-10H,11-12H2;3,5H,2,4H2,1H3;1H4/t14-;13-;;3-;/m00.0./s1. The lowest BCUT2D eigenvalue weighted by molar-refractivity contribution is 0.255. The zero-order valence-electron chi connectivity index (χ0n) is 39.2. The average molecular weight is 1060 g/mol. The third kappa shape index (κ3) is 24.4. The van der Waals surface area contributed by atoms with Gasteiger partial charge in [-0.05, 0) is 93.6 Å². The molecule has 0 unspecified atom stereocenters. The third-order valence-corrected chi connectivity index (χ3v) is 14.3. The first-order valence-corrected chi connectivity index (χ1v) is 28.2. The number of nitrogens with two attached hydrogens (primary N) is 1. The largest absolute Gasteiger partial charge is 0.515 e. The van der Waals surface area contributed by atoms with E-state index < -0.39 is 45.4 Å². The van der Waals surface area contributed by atoms with Gasteiger partial charge >= 0.3 is 23.2 Å². The van der Waals surface area contributed by atoms with Gasteiger partial charge in [0, 0.05) is 31.2 Å². The molecule has 1 aliphatic heterocycles. The molecule has 0 spiro atoms. The lowest BCUT2D eigenvalue weighted by atomic mass is 10.3. The van der Waals surface area contributed by atoms with Gasteiger partial charge < -0.3 is 43.1 Å². The second kappa shape index (κ2) is 30.4. The molecule has 6 aromatic carbocycles. The molecule has 0 bridgehead atoms. The third-order valence-electron chi connectivity index (χ3n) is 8.42. The van der Waals surface area contributed by atoms with E-state index in [1.807, 2.05) is 48.5 Å². The summed E-state index contributed by atoms with van der Waals surface area (Å²) in [4.78, 5) is 0. The highest BCUT2D eigenvalue weighted by atomic mass is 32.2. The molecule has 386 valence electrons. The summed E-state index contributed by atoms with van der Waals surface area (Å²) in [5, 5.41) is 22.5. The van der Waals surface area contributed by atoms with E-state index >= 15 is 0 Å². The lowest BCUT2D eigenvalue weighted by Crippen LogP contribution is -2.32. The van der Waals surface area contributed by atoms with Crippen molar-refractivity contribution in [2.24, 2.45) is 5.73 Å². The van der Waals surface area contributed by atoms with Crippen molar-refractivity contribution in [1.29, 1.82) is 0 Å². The Morgan fingerprint density at radius 3 is 0.986 bits per heavy atom. The fourth-order valence-electron chi connectivity index (χ4n) is 5.12. The van der Waals surface area contributed by atoms with E-state index in [9.17, 15) is 22.1 Å². The van der Waals surface area contributed by atoms with Gasteiger partial charge in [0.15, 0.2) is 0 Å². The van der Waals surface area contributed by atoms with Crippen LogP contribution in [0, 0.1) is 0 Å². The van der Waals surface area contributed by atoms with Gasteiger partial charge in [0.05, 0.1) is 26.1 Å². The summed E-state index contributed by atoms with van der Waals surface area (Å²) >= 11 is 0. The fourth-order valence-corrected chi connectivity index (χ4v) is 10.3. The Bertz CT molecular complexity index is 2500. The summed E-state index contributed by atoms with van der Waals surface area (Å²) in [5.74, 6) is 2.65. The summed E-state index contributed by atoms with van der Waals surface area (Å²) in [5.41, 5.74) is 5.04. The SMILES string of the molecule is C.C[C@@H](CO)NP(=O)(Oc1ccccc1)Oc1ccccc1.C[C@@H](COS(C)(=O)=O)NP(=O)(Oc1ccccc1)Oc1ccccc1.C[C@H](N)CO.O=P(Oc1ccccc1)(Oc1ccccc1)N1CC1. The Morgan fingerprint density at radius 1 is 0.507 bits per heavy atom. The Balaban J connectivity index is 0.000000268. The normalized spacial score (nSPS) is 13.5. The van der Waals surface area contributed by atoms with Gasteiger partial charge in [-0.1, -0.05) is 117 Å². The van der Waals surface area contributed by atoms with E-state index in [1.165, 1.54) is 0 Å². The predicted octanol–water partition coefficient (Wildman–Crippen LogP) is 9.96. The molecule has 0 aromatic heterocycles. The van der Waals surface area contributed by atoms with Crippen LogP contribution in [0.2, 0.25) is 0 Å². The number of para-hydroxylation sites is 6. The zero-order valence-corrected chi connectivity index (χ0v) is 42.7. The number of benzene rings is 6. The van der Waals surface area contributed by atoms with E-state index in [0.29, 0.717) is 34.5 Å². The van der Waals surface area contributed by atoms with Gasteiger partial charge in [-0.25, -0.2) is 13.7 Å². The van der Waals surface area contributed by atoms with Crippen molar-refractivity contribution < 1.29 is 63.7 Å². The predicted molar refractivity (Wildman–Crippen MR) is 277 cm³/mol. The van der Waals surface area contributed by atoms with Gasteiger partial charge in [-0.3, -0.25) is 4.18 Å². The number of rotatable bonds is 22. The number of hydrogen-bond donors (Lipinski definition) is 5. The van der Waals surface area contributed by atoms with Crippen LogP contribution in [0.5, 0.6) is 34.5 Å². The maximum Gasteiger partial charge on any atom is 0.515 e. The molecule has 71 heavy (non-hydrogen) atoms. The zero-order chi connectivity index (χ0) is 50.9. The minimum Gasteiger partial charge on any atom is -0.405 e. The summed E-state index contributed by atoms with van der Waals surface area (Å²) in [6.07, 6.45) is 0.945. The molecule has 1 saturated heterocycles. The average Bonchev–Trinajstić information content (AvgIpc) is 4.20. The molecule has 6 aromatic rings. The van der Waals surface area contributed by atoms with Crippen LogP contribution in [0.25, 0.3) is 0 Å².